The highest BCUT2D eigenvalue weighted by Gasteiger charge is 2.60. The molecule has 3 aliphatic carbocycles. The topological polar surface area (TPSA) is 37.4 Å². The van der Waals surface area contributed by atoms with Crippen LogP contribution in [0.1, 0.15) is 72.1 Å². The van der Waals surface area contributed by atoms with Crippen molar-refractivity contribution in [3.05, 3.63) is 11.6 Å². The zero-order chi connectivity index (χ0) is 17.9. The van der Waals surface area contributed by atoms with Crippen LogP contribution in [0.4, 0.5) is 0 Å². The third-order valence-electron chi connectivity index (χ3n) is 8.21. The third-order valence-corrected chi connectivity index (χ3v) is 8.21. The molecule has 1 heterocycles. The number of likely N-dealkylation sites (tertiary alicyclic amines) is 1. The molecule has 3 heteroatoms. The summed E-state index contributed by atoms with van der Waals surface area (Å²) in [7, 11) is 0. The van der Waals surface area contributed by atoms with Crippen molar-refractivity contribution in [3.63, 3.8) is 0 Å². The fraction of sp³-hybridized carbons (Fsp3) is 0.818. The van der Waals surface area contributed by atoms with E-state index in [0.29, 0.717) is 30.3 Å². The molecule has 1 aliphatic heterocycles. The van der Waals surface area contributed by atoms with E-state index >= 15 is 0 Å². The van der Waals surface area contributed by atoms with Crippen molar-refractivity contribution >= 4 is 11.6 Å². The van der Waals surface area contributed by atoms with E-state index in [4.69, 9.17) is 0 Å². The van der Waals surface area contributed by atoms with Gasteiger partial charge in [-0.2, -0.15) is 0 Å². The van der Waals surface area contributed by atoms with Gasteiger partial charge in [-0.1, -0.05) is 26.3 Å². The van der Waals surface area contributed by atoms with Crippen LogP contribution in [0.3, 0.4) is 0 Å². The molecule has 4 rings (SSSR count). The Labute approximate surface area is 152 Å². The van der Waals surface area contributed by atoms with Gasteiger partial charge >= 0.3 is 0 Å². The molecule has 0 radical (unpaired) electrons. The fourth-order valence-electron chi connectivity index (χ4n) is 6.81. The maximum atomic E-state index is 12.6. The molecule has 0 aromatic heterocycles. The molecule has 4 aliphatic rings. The van der Waals surface area contributed by atoms with E-state index in [-0.39, 0.29) is 16.2 Å². The number of allylic oxidation sites excluding steroid dienone is 1. The first-order valence-corrected chi connectivity index (χ1v) is 10.3. The van der Waals surface area contributed by atoms with E-state index < -0.39 is 0 Å². The Morgan fingerprint density at radius 1 is 1.04 bits per heavy atom. The molecule has 2 unspecified atom stereocenters. The predicted molar refractivity (Wildman–Crippen MR) is 99.3 cm³/mol. The molecule has 25 heavy (non-hydrogen) atoms. The van der Waals surface area contributed by atoms with Crippen LogP contribution in [0.5, 0.6) is 0 Å². The Balaban J connectivity index is 1.74. The van der Waals surface area contributed by atoms with E-state index in [2.05, 4.69) is 25.7 Å². The lowest BCUT2D eigenvalue weighted by atomic mass is 9.43. The van der Waals surface area contributed by atoms with E-state index in [1.165, 1.54) is 31.5 Å². The normalized spacial score (nSPS) is 41.2. The van der Waals surface area contributed by atoms with Gasteiger partial charge in [0.25, 0.3) is 0 Å². The first kappa shape index (κ1) is 17.5. The highest BCUT2D eigenvalue weighted by molar-refractivity contribution is 5.92. The van der Waals surface area contributed by atoms with Crippen molar-refractivity contribution in [3.8, 4) is 0 Å². The maximum absolute atomic E-state index is 12.6. The summed E-state index contributed by atoms with van der Waals surface area (Å²) in [5.41, 5.74) is 1.36. The van der Waals surface area contributed by atoms with Crippen molar-refractivity contribution < 1.29 is 9.59 Å². The molecule has 0 amide bonds. The highest BCUT2D eigenvalue weighted by Crippen LogP contribution is 2.65. The van der Waals surface area contributed by atoms with Gasteiger partial charge in [0, 0.05) is 30.2 Å². The minimum atomic E-state index is -0.256. The average molecular weight is 344 g/mol. The summed E-state index contributed by atoms with van der Waals surface area (Å²) in [6, 6.07) is 0. The van der Waals surface area contributed by atoms with E-state index in [0.717, 1.165) is 32.2 Å². The molecule has 0 bridgehead atoms. The summed E-state index contributed by atoms with van der Waals surface area (Å²) in [6.07, 6.45) is 10.3. The lowest BCUT2D eigenvalue weighted by Gasteiger charge is -2.61. The molecule has 2 saturated carbocycles. The zero-order valence-electron chi connectivity index (χ0n) is 16.2. The highest BCUT2D eigenvalue weighted by atomic mass is 16.1. The Morgan fingerprint density at radius 3 is 2.48 bits per heavy atom. The molecule has 3 fully saturated rings. The van der Waals surface area contributed by atoms with Gasteiger partial charge in [0.2, 0.25) is 0 Å². The molecule has 3 atom stereocenters. The van der Waals surface area contributed by atoms with Crippen LogP contribution in [0.15, 0.2) is 11.6 Å². The minimum Gasteiger partial charge on any atom is -0.302 e. The average Bonchev–Trinajstić information content (AvgIpc) is 3.06. The van der Waals surface area contributed by atoms with Crippen molar-refractivity contribution in [2.24, 2.45) is 22.2 Å². The van der Waals surface area contributed by atoms with E-state index in [1.807, 2.05) is 6.08 Å². The van der Waals surface area contributed by atoms with Gasteiger partial charge in [0.15, 0.2) is 5.78 Å². The Hall–Kier alpha value is -0.960. The molecular formula is C22H33NO2. The van der Waals surface area contributed by atoms with E-state index in [1.54, 1.807) is 0 Å². The van der Waals surface area contributed by atoms with Crippen LogP contribution in [0, 0.1) is 22.2 Å². The number of fused-ring (bicyclic) bond motifs is 3. The van der Waals surface area contributed by atoms with Gasteiger partial charge in [-0.25, -0.2) is 0 Å². The second-order valence-corrected chi connectivity index (χ2v) is 9.94. The lowest BCUT2D eigenvalue weighted by molar-refractivity contribution is -0.142. The van der Waals surface area contributed by atoms with Crippen LogP contribution in [0.2, 0.25) is 0 Å². The SMILES string of the molecule is CC1(C)C(=O)CC[C@]2(C)C3=CC(=O)CCC3(CN3CCCC3)CCC12. The fourth-order valence-corrected chi connectivity index (χ4v) is 6.81. The van der Waals surface area contributed by atoms with Crippen LogP contribution in [-0.4, -0.2) is 36.1 Å². The van der Waals surface area contributed by atoms with Crippen LogP contribution in [0.25, 0.3) is 0 Å². The largest absolute Gasteiger partial charge is 0.302 e. The Morgan fingerprint density at radius 2 is 1.76 bits per heavy atom. The summed E-state index contributed by atoms with van der Waals surface area (Å²) in [6.45, 7) is 10.2. The summed E-state index contributed by atoms with van der Waals surface area (Å²) >= 11 is 0. The number of carbonyl (C=O) groups excluding carboxylic acids is 2. The number of hydrogen-bond acceptors (Lipinski definition) is 3. The molecule has 0 aromatic rings. The second-order valence-electron chi connectivity index (χ2n) is 9.94. The van der Waals surface area contributed by atoms with E-state index in [9.17, 15) is 9.59 Å². The van der Waals surface area contributed by atoms with Gasteiger partial charge in [0.05, 0.1) is 0 Å². The number of ketones is 2. The minimum absolute atomic E-state index is 0.0193. The number of Topliss-reactive ketones (excluding diaryl/α,β-unsaturated/α-hetero) is 1. The van der Waals surface area contributed by atoms with Gasteiger partial charge in [-0.05, 0) is 69.0 Å². The van der Waals surface area contributed by atoms with Gasteiger partial charge in [0.1, 0.15) is 5.78 Å². The molecule has 3 nitrogen and oxygen atoms in total. The van der Waals surface area contributed by atoms with Crippen molar-refractivity contribution in [2.75, 3.05) is 19.6 Å². The monoisotopic (exact) mass is 343 g/mol. The summed E-state index contributed by atoms with van der Waals surface area (Å²) in [4.78, 5) is 27.6. The van der Waals surface area contributed by atoms with Crippen LogP contribution >= 0.6 is 0 Å². The molecule has 1 saturated heterocycles. The van der Waals surface area contributed by atoms with Gasteiger partial charge < -0.3 is 4.90 Å². The smallest absolute Gasteiger partial charge is 0.155 e. The molecular weight excluding hydrogens is 310 g/mol. The summed E-state index contributed by atoms with van der Waals surface area (Å²) < 4.78 is 0. The molecule has 0 N–H and O–H groups in total. The third kappa shape index (κ3) is 2.57. The Kier molecular flexibility index (Phi) is 4.03. The zero-order valence-corrected chi connectivity index (χ0v) is 16.2. The first-order valence-electron chi connectivity index (χ1n) is 10.3. The molecule has 0 aromatic carbocycles. The lowest BCUT2D eigenvalue weighted by Crippen LogP contribution is -2.57. The van der Waals surface area contributed by atoms with Gasteiger partial charge in [-0.15, -0.1) is 0 Å². The number of carbonyl (C=O) groups is 2. The van der Waals surface area contributed by atoms with Gasteiger partial charge in [-0.3, -0.25) is 9.59 Å². The molecule has 0 spiro atoms. The van der Waals surface area contributed by atoms with Crippen molar-refractivity contribution in [2.45, 2.75) is 72.1 Å². The van der Waals surface area contributed by atoms with Crippen LogP contribution < -0.4 is 0 Å². The number of nitrogens with zero attached hydrogens (tertiary/aromatic N) is 1. The van der Waals surface area contributed by atoms with Crippen molar-refractivity contribution in [1.29, 1.82) is 0 Å². The number of hydrogen-bond donors (Lipinski definition) is 0. The Bertz CT molecular complexity index is 628. The number of rotatable bonds is 2. The predicted octanol–water partition coefficient (Wildman–Crippen LogP) is 4.16. The molecule has 138 valence electrons. The first-order chi connectivity index (χ1) is 11.8. The maximum Gasteiger partial charge on any atom is 0.155 e. The van der Waals surface area contributed by atoms with Crippen LogP contribution in [-0.2, 0) is 9.59 Å². The summed E-state index contributed by atoms with van der Waals surface area (Å²) in [5.74, 6) is 1.11. The standard InChI is InChI=1S/C22H33NO2/c1-20(2)17-7-11-22(15-23-12-4-5-13-23)10-6-16(24)14-18(22)21(17,3)9-8-19(20)25/h14,17H,4-13,15H2,1-3H3/t17?,21-,22?/m0/s1. The summed E-state index contributed by atoms with van der Waals surface area (Å²) in [5, 5.41) is 0. The second kappa shape index (κ2) is 5.77. The van der Waals surface area contributed by atoms with Crippen molar-refractivity contribution in [1.82, 2.24) is 4.90 Å². The quantitative estimate of drug-likeness (QED) is 0.755.